The quantitative estimate of drug-likeness (QED) is 0.345. The Morgan fingerprint density at radius 1 is 1.12 bits per heavy atom. The van der Waals surface area contributed by atoms with Crippen molar-refractivity contribution >= 4 is 5.91 Å². The molecule has 1 unspecified atom stereocenters. The van der Waals surface area contributed by atoms with E-state index in [1.807, 2.05) is 19.9 Å². The molecule has 6 rings (SSSR count). The summed E-state index contributed by atoms with van der Waals surface area (Å²) in [5.74, 6) is 0.0484. The minimum atomic E-state index is -2.66. The second kappa shape index (κ2) is 10.3. The molecule has 0 radical (unpaired) electrons. The molecule has 1 amide bonds. The normalized spacial score (nSPS) is 19.9. The van der Waals surface area contributed by atoms with Crippen LogP contribution in [0.3, 0.4) is 0 Å². The summed E-state index contributed by atoms with van der Waals surface area (Å²) in [5, 5.41) is 4.18. The molecular weight excluding hydrogens is 535 g/mol. The zero-order valence-electron chi connectivity index (χ0n) is 22.4. The van der Waals surface area contributed by atoms with Crippen molar-refractivity contribution in [3.05, 3.63) is 83.7 Å². The summed E-state index contributed by atoms with van der Waals surface area (Å²) < 4.78 is 47.6. The monoisotopic (exact) mass is 563 g/mol. The minimum Gasteiger partial charge on any atom is -0.474 e. The molecule has 3 aromatic heterocycles. The number of fused-ring (bicyclic) bond motifs is 1. The van der Waals surface area contributed by atoms with Crippen molar-refractivity contribution in [2.45, 2.75) is 38.3 Å². The van der Waals surface area contributed by atoms with E-state index in [1.165, 1.54) is 35.4 Å². The van der Waals surface area contributed by atoms with Crippen LogP contribution in [0.2, 0.25) is 0 Å². The third-order valence-corrected chi connectivity index (χ3v) is 7.47. The third-order valence-electron chi connectivity index (χ3n) is 7.47. The number of pyridine rings is 1. The van der Waals surface area contributed by atoms with Crippen LogP contribution in [0.1, 0.15) is 35.5 Å². The number of carbonyl (C=O) groups is 1. The average molecular weight is 564 g/mol. The Kier molecular flexibility index (Phi) is 6.72. The molecule has 1 aromatic carbocycles. The van der Waals surface area contributed by atoms with Gasteiger partial charge in [0, 0.05) is 60.7 Å². The summed E-state index contributed by atoms with van der Waals surface area (Å²) in [7, 11) is 0. The Bertz CT molecular complexity index is 1560. The van der Waals surface area contributed by atoms with Gasteiger partial charge in [-0.15, -0.1) is 0 Å². The second-order valence-electron chi connectivity index (χ2n) is 11.0. The predicted molar refractivity (Wildman–Crippen MR) is 143 cm³/mol. The van der Waals surface area contributed by atoms with Crippen LogP contribution >= 0.6 is 0 Å². The number of hydrogen-bond donors (Lipinski definition) is 1. The maximum atomic E-state index is 13.5. The largest absolute Gasteiger partial charge is 0.474 e. The van der Waals surface area contributed by atoms with Gasteiger partial charge in [-0.05, 0) is 55.8 Å². The maximum absolute atomic E-state index is 13.5. The lowest BCUT2D eigenvalue weighted by molar-refractivity contribution is 0.0749. The van der Waals surface area contributed by atoms with E-state index in [1.54, 1.807) is 29.2 Å². The van der Waals surface area contributed by atoms with Gasteiger partial charge in [0.25, 0.3) is 5.91 Å². The van der Waals surface area contributed by atoms with Crippen molar-refractivity contribution in [1.29, 1.82) is 0 Å². The van der Waals surface area contributed by atoms with Crippen molar-refractivity contribution in [2.75, 3.05) is 13.1 Å². The van der Waals surface area contributed by atoms with Crippen LogP contribution in [-0.2, 0) is 12.0 Å². The molecule has 4 heterocycles. The highest BCUT2D eigenvalue weighted by Crippen LogP contribution is 2.48. The number of nitrogens with two attached hydrogens (primary N) is 1. The van der Waals surface area contributed by atoms with Crippen LogP contribution in [0.4, 0.5) is 13.2 Å². The maximum Gasteiger partial charge on any atom is 0.257 e. The lowest BCUT2D eigenvalue weighted by Crippen LogP contribution is -2.34. The van der Waals surface area contributed by atoms with Gasteiger partial charge in [0.15, 0.2) is 0 Å². The number of hydrogen-bond acceptors (Lipinski definition) is 7. The minimum absolute atomic E-state index is 0.00423. The van der Waals surface area contributed by atoms with Crippen LogP contribution in [-0.4, -0.2) is 61.2 Å². The summed E-state index contributed by atoms with van der Waals surface area (Å²) in [6, 6.07) is 11.3. The van der Waals surface area contributed by atoms with E-state index in [-0.39, 0.29) is 46.9 Å². The molecule has 1 saturated heterocycles. The molecule has 3 atom stereocenters. The topological polar surface area (TPSA) is 112 Å². The summed E-state index contributed by atoms with van der Waals surface area (Å²) in [6.45, 7) is 4.60. The molecule has 2 N–H and O–H groups in total. The molecule has 4 aromatic rings. The lowest BCUT2D eigenvalue weighted by atomic mass is 9.95. The number of amides is 1. The number of alkyl halides is 2. The Morgan fingerprint density at radius 2 is 1.80 bits per heavy atom. The number of aromatic nitrogens is 5. The van der Waals surface area contributed by atoms with Gasteiger partial charge in [-0.1, -0.05) is 0 Å². The zero-order chi connectivity index (χ0) is 28.9. The van der Waals surface area contributed by atoms with Gasteiger partial charge < -0.3 is 15.4 Å². The Hall–Kier alpha value is -4.32. The van der Waals surface area contributed by atoms with Gasteiger partial charge in [-0.25, -0.2) is 32.8 Å². The van der Waals surface area contributed by atoms with Crippen LogP contribution < -0.4 is 10.5 Å². The van der Waals surface area contributed by atoms with Crippen molar-refractivity contribution in [3.8, 4) is 23.1 Å². The summed E-state index contributed by atoms with van der Waals surface area (Å²) in [4.78, 5) is 27.9. The highest BCUT2D eigenvalue weighted by atomic mass is 19.3. The van der Waals surface area contributed by atoms with E-state index in [9.17, 15) is 18.0 Å². The molecule has 1 saturated carbocycles. The first kappa shape index (κ1) is 26.9. The highest BCUT2D eigenvalue weighted by Gasteiger charge is 2.59. The molecule has 12 heteroatoms. The molecule has 0 spiro atoms. The smallest absolute Gasteiger partial charge is 0.257 e. The van der Waals surface area contributed by atoms with E-state index >= 15 is 0 Å². The van der Waals surface area contributed by atoms with Crippen LogP contribution in [0, 0.1) is 17.7 Å². The molecule has 2 fully saturated rings. The van der Waals surface area contributed by atoms with Gasteiger partial charge in [0.1, 0.15) is 11.9 Å². The molecule has 2 aliphatic rings. The fourth-order valence-electron chi connectivity index (χ4n) is 5.23. The van der Waals surface area contributed by atoms with E-state index in [0.29, 0.717) is 24.7 Å². The summed E-state index contributed by atoms with van der Waals surface area (Å²) >= 11 is 0. The van der Waals surface area contributed by atoms with Crippen molar-refractivity contribution in [3.63, 3.8) is 0 Å². The molecule has 1 aliphatic carbocycles. The first-order valence-corrected chi connectivity index (χ1v) is 13.2. The number of carbonyl (C=O) groups excluding carboxylic acids is 1. The molecule has 0 bridgehead atoms. The first-order chi connectivity index (χ1) is 19.6. The van der Waals surface area contributed by atoms with Gasteiger partial charge in [-0.3, -0.25) is 4.79 Å². The summed E-state index contributed by atoms with van der Waals surface area (Å²) in [5.41, 5.74) is 7.99. The van der Waals surface area contributed by atoms with Crippen molar-refractivity contribution in [1.82, 2.24) is 29.6 Å². The Balaban J connectivity index is 1.17. The fourth-order valence-corrected chi connectivity index (χ4v) is 5.23. The summed E-state index contributed by atoms with van der Waals surface area (Å²) in [6.07, 6.45) is 0.970. The van der Waals surface area contributed by atoms with Crippen LogP contribution in [0.15, 0.2) is 61.1 Å². The van der Waals surface area contributed by atoms with E-state index in [4.69, 9.17) is 10.5 Å². The molecule has 212 valence electrons. The number of likely N-dealkylation sites (tertiary alicyclic amines) is 1. The van der Waals surface area contributed by atoms with Crippen LogP contribution in [0.25, 0.3) is 17.2 Å². The molecule has 9 nitrogen and oxygen atoms in total. The molecular formula is C29H28F3N7O2. The Labute approximate surface area is 234 Å². The first-order valence-electron chi connectivity index (χ1n) is 13.2. The second-order valence-corrected chi connectivity index (χ2v) is 11.0. The number of rotatable bonds is 8. The van der Waals surface area contributed by atoms with Gasteiger partial charge in [0.05, 0.1) is 23.4 Å². The number of piperidine rings is 1. The number of nitrogens with zero attached hydrogens (tertiary/aromatic N) is 6. The Morgan fingerprint density at radius 3 is 2.44 bits per heavy atom. The van der Waals surface area contributed by atoms with E-state index in [2.05, 4.69) is 20.1 Å². The van der Waals surface area contributed by atoms with Gasteiger partial charge in [-0.2, -0.15) is 5.10 Å². The van der Waals surface area contributed by atoms with E-state index in [0.717, 1.165) is 11.1 Å². The number of halogens is 3. The molecule has 1 aliphatic heterocycles. The standard InChI is InChI=1S/C29H28F3N7O2/c1-29(2,33)17-10-22(16-4-6-18(30)7-5-16)36-25(11-17)41-26-19-13-38(14-20(19)26)27(40)21-15-39(28-34-8-3-9-35-28)37-23(21)12-24(31)32/h3-11,15,19-20,24,26H,12-14,33H2,1-2H3/t19-,20+,26?. The van der Waals surface area contributed by atoms with E-state index < -0.39 is 18.4 Å². The van der Waals surface area contributed by atoms with Gasteiger partial charge >= 0.3 is 0 Å². The third kappa shape index (κ3) is 5.51. The predicted octanol–water partition coefficient (Wildman–Crippen LogP) is 4.01. The fraction of sp³-hybridized carbons (Fsp3) is 0.345. The van der Waals surface area contributed by atoms with Crippen molar-refractivity contribution < 1.29 is 22.7 Å². The zero-order valence-corrected chi connectivity index (χ0v) is 22.4. The number of benzene rings is 1. The van der Waals surface area contributed by atoms with Gasteiger partial charge in [0.2, 0.25) is 18.3 Å². The lowest BCUT2D eigenvalue weighted by Gasteiger charge is -2.22. The molecule has 41 heavy (non-hydrogen) atoms. The van der Waals surface area contributed by atoms with Crippen LogP contribution in [0.5, 0.6) is 5.88 Å². The highest BCUT2D eigenvalue weighted by molar-refractivity contribution is 5.95. The van der Waals surface area contributed by atoms with Crippen molar-refractivity contribution in [2.24, 2.45) is 17.6 Å². The SMILES string of the molecule is CC(C)(N)c1cc(OC2[C@H]3CN(C(=O)c4cn(-c5ncccn5)nc4CC(F)F)C[C@@H]23)nc(-c2ccc(F)cc2)c1. The number of ether oxygens (including phenoxy) is 1. The average Bonchev–Trinajstić information content (AvgIpc) is 3.26.